The predicted octanol–water partition coefficient (Wildman–Crippen LogP) is 5.62. The van der Waals surface area contributed by atoms with Crippen molar-refractivity contribution in [1.29, 1.82) is 0 Å². The van der Waals surface area contributed by atoms with E-state index < -0.39 is 5.97 Å². The Kier molecular flexibility index (Phi) is 4.16. The summed E-state index contributed by atoms with van der Waals surface area (Å²) in [7, 11) is 0. The van der Waals surface area contributed by atoms with Crippen LogP contribution in [-0.4, -0.2) is 17.0 Å². The average molecular weight is 375 g/mol. The van der Waals surface area contributed by atoms with Crippen molar-refractivity contribution in [1.82, 2.24) is 0 Å². The van der Waals surface area contributed by atoms with Crippen LogP contribution in [0.3, 0.4) is 0 Å². The van der Waals surface area contributed by atoms with Crippen LogP contribution >= 0.6 is 11.3 Å². The molecule has 0 fully saturated rings. The van der Waals surface area contributed by atoms with Crippen LogP contribution in [0.15, 0.2) is 54.6 Å². The van der Waals surface area contributed by atoms with Gasteiger partial charge in [-0.25, -0.2) is 4.79 Å². The Morgan fingerprint density at radius 2 is 1.44 bits per heavy atom. The highest BCUT2D eigenvalue weighted by Crippen LogP contribution is 2.34. The Bertz CT molecular complexity index is 1170. The molecule has 5 heteroatoms. The van der Waals surface area contributed by atoms with Gasteiger partial charge in [-0.3, -0.25) is 4.79 Å². The zero-order valence-corrected chi connectivity index (χ0v) is 15.7. The lowest BCUT2D eigenvalue weighted by molar-refractivity contribution is 0.0697. The molecule has 0 bridgehead atoms. The van der Waals surface area contributed by atoms with Crippen LogP contribution < -0.4 is 5.32 Å². The molecule has 0 aliphatic heterocycles. The molecule has 4 aromatic rings. The highest BCUT2D eigenvalue weighted by Gasteiger charge is 2.22. The summed E-state index contributed by atoms with van der Waals surface area (Å²) in [5.74, 6) is -1.33. The molecule has 1 amide bonds. The minimum atomic E-state index is -1.03. The zero-order valence-electron chi connectivity index (χ0n) is 14.9. The van der Waals surface area contributed by atoms with Gasteiger partial charge in [0.15, 0.2) is 0 Å². The fourth-order valence-electron chi connectivity index (χ4n) is 3.40. The van der Waals surface area contributed by atoms with E-state index in [2.05, 4.69) is 11.4 Å². The summed E-state index contributed by atoms with van der Waals surface area (Å²) < 4.78 is 0. The molecule has 27 heavy (non-hydrogen) atoms. The molecular formula is C22H17NO3S. The van der Waals surface area contributed by atoms with Gasteiger partial charge in [0.1, 0.15) is 5.00 Å². The first-order chi connectivity index (χ1) is 13.0. The number of thiophene rings is 1. The molecule has 1 heterocycles. The van der Waals surface area contributed by atoms with E-state index in [0.29, 0.717) is 16.1 Å². The number of aryl methyl sites for hydroxylation is 1. The Hall–Kier alpha value is -3.18. The van der Waals surface area contributed by atoms with E-state index >= 15 is 0 Å². The van der Waals surface area contributed by atoms with E-state index in [0.717, 1.165) is 26.4 Å². The Morgan fingerprint density at radius 3 is 2.00 bits per heavy atom. The van der Waals surface area contributed by atoms with Crippen molar-refractivity contribution in [3.8, 4) is 0 Å². The lowest BCUT2D eigenvalue weighted by Crippen LogP contribution is -2.14. The van der Waals surface area contributed by atoms with Crippen molar-refractivity contribution < 1.29 is 14.7 Å². The van der Waals surface area contributed by atoms with Crippen molar-refractivity contribution in [2.45, 2.75) is 13.8 Å². The maximum absolute atomic E-state index is 13.2. The second-order valence-electron chi connectivity index (χ2n) is 6.44. The number of hydrogen-bond acceptors (Lipinski definition) is 3. The van der Waals surface area contributed by atoms with E-state index in [9.17, 15) is 14.7 Å². The lowest BCUT2D eigenvalue weighted by Gasteiger charge is -2.12. The number of carbonyl (C=O) groups excluding carboxylic acids is 1. The van der Waals surface area contributed by atoms with Crippen LogP contribution in [0.25, 0.3) is 21.5 Å². The number of fused-ring (bicyclic) bond motifs is 2. The number of nitrogens with one attached hydrogen (secondary N) is 1. The molecule has 0 unspecified atom stereocenters. The molecule has 4 nitrogen and oxygen atoms in total. The van der Waals surface area contributed by atoms with Crippen LogP contribution in [0, 0.1) is 13.8 Å². The highest BCUT2D eigenvalue weighted by atomic mass is 32.1. The number of anilines is 1. The molecule has 2 N–H and O–H groups in total. The predicted molar refractivity (Wildman–Crippen MR) is 110 cm³/mol. The van der Waals surface area contributed by atoms with Crippen LogP contribution in [0.5, 0.6) is 0 Å². The lowest BCUT2D eigenvalue weighted by atomic mass is 9.96. The normalized spacial score (nSPS) is 11.0. The van der Waals surface area contributed by atoms with Gasteiger partial charge in [0.25, 0.3) is 5.91 Å². The molecule has 134 valence electrons. The number of rotatable bonds is 3. The van der Waals surface area contributed by atoms with Gasteiger partial charge in [-0.1, -0.05) is 48.5 Å². The molecule has 0 saturated carbocycles. The largest absolute Gasteiger partial charge is 0.478 e. The summed E-state index contributed by atoms with van der Waals surface area (Å²) in [5, 5.41) is 16.4. The molecule has 1 aromatic heterocycles. The van der Waals surface area contributed by atoms with Crippen molar-refractivity contribution in [3.05, 3.63) is 76.2 Å². The highest BCUT2D eigenvalue weighted by molar-refractivity contribution is 7.16. The molecule has 0 aliphatic carbocycles. The number of aromatic carboxylic acids is 1. The first-order valence-electron chi connectivity index (χ1n) is 8.52. The summed E-state index contributed by atoms with van der Waals surface area (Å²) in [5.41, 5.74) is 1.41. The van der Waals surface area contributed by atoms with Crippen molar-refractivity contribution in [2.75, 3.05) is 5.32 Å². The van der Waals surface area contributed by atoms with Crippen LogP contribution in [0.4, 0.5) is 5.00 Å². The summed E-state index contributed by atoms with van der Waals surface area (Å²) in [6.07, 6.45) is 0. The molecule has 0 aliphatic rings. The average Bonchev–Trinajstić information content (AvgIpc) is 2.93. The van der Waals surface area contributed by atoms with E-state index in [1.807, 2.05) is 55.5 Å². The summed E-state index contributed by atoms with van der Waals surface area (Å²) in [6.45, 7) is 3.62. The monoisotopic (exact) mass is 375 g/mol. The molecule has 0 spiro atoms. The standard InChI is InChI=1S/C22H17NO3S/c1-12-13(2)27-21(18(12)22(25)26)23-20(24)19-16-9-5-3-7-14(16)11-15-8-4-6-10-17(15)19/h3-11H,1-2H3,(H,23,24)(H,25,26). The Balaban J connectivity index is 1.91. The van der Waals surface area contributed by atoms with E-state index in [1.165, 1.54) is 11.3 Å². The van der Waals surface area contributed by atoms with Gasteiger partial charge >= 0.3 is 5.97 Å². The number of hydrogen-bond donors (Lipinski definition) is 2. The third kappa shape index (κ3) is 2.86. The van der Waals surface area contributed by atoms with E-state index in [4.69, 9.17) is 0 Å². The van der Waals surface area contributed by atoms with Crippen LogP contribution in [0.2, 0.25) is 0 Å². The maximum atomic E-state index is 13.2. The van der Waals surface area contributed by atoms with E-state index in [-0.39, 0.29) is 11.5 Å². The van der Waals surface area contributed by atoms with Gasteiger partial charge in [0.05, 0.1) is 11.1 Å². The fourth-order valence-corrected chi connectivity index (χ4v) is 4.44. The Morgan fingerprint density at radius 1 is 0.889 bits per heavy atom. The van der Waals surface area contributed by atoms with Crippen molar-refractivity contribution in [3.63, 3.8) is 0 Å². The molecule has 4 rings (SSSR count). The molecular weight excluding hydrogens is 358 g/mol. The summed E-state index contributed by atoms with van der Waals surface area (Å²) in [6, 6.07) is 17.5. The van der Waals surface area contributed by atoms with Gasteiger partial charge in [0, 0.05) is 4.88 Å². The molecule has 0 atom stereocenters. The second kappa shape index (κ2) is 6.52. The third-order valence-electron chi connectivity index (χ3n) is 4.82. The van der Waals surface area contributed by atoms with Gasteiger partial charge in [-0.05, 0) is 47.0 Å². The minimum absolute atomic E-state index is 0.162. The van der Waals surface area contributed by atoms with Crippen molar-refractivity contribution >= 4 is 49.8 Å². The first kappa shape index (κ1) is 17.2. The minimum Gasteiger partial charge on any atom is -0.478 e. The number of carboxylic acids is 1. The zero-order chi connectivity index (χ0) is 19.1. The second-order valence-corrected chi connectivity index (χ2v) is 7.67. The number of carboxylic acid groups (broad SMARTS) is 1. The van der Waals surface area contributed by atoms with Crippen LogP contribution in [0.1, 0.15) is 31.2 Å². The van der Waals surface area contributed by atoms with Crippen LogP contribution in [-0.2, 0) is 0 Å². The number of benzene rings is 3. The van der Waals surface area contributed by atoms with Gasteiger partial charge in [-0.2, -0.15) is 0 Å². The SMILES string of the molecule is Cc1sc(NC(=O)c2c3ccccc3cc3ccccc23)c(C(=O)O)c1C. The molecule has 0 saturated heterocycles. The summed E-state index contributed by atoms with van der Waals surface area (Å²) in [4.78, 5) is 25.8. The van der Waals surface area contributed by atoms with Gasteiger partial charge in [0.2, 0.25) is 0 Å². The van der Waals surface area contributed by atoms with E-state index in [1.54, 1.807) is 6.92 Å². The fraction of sp³-hybridized carbons (Fsp3) is 0.0909. The van der Waals surface area contributed by atoms with Crippen molar-refractivity contribution in [2.24, 2.45) is 0 Å². The van der Waals surface area contributed by atoms with Gasteiger partial charge < -0.3 is 10.4 Å². The first-order valence-corrected chi connectivity index (χ1v) is 9.34. The van der Waals surface area contributed by atoms with Gasteiger partial charge in [-0.15, -0.1) is 11.3 Å². The number of amides is 1. The quantitative estimate of drug-likeness (QED) is 0.457. The maximum Gasteiger partial charge on any atom is 0.338 e. The smallest absolute Gasteiger partial charge is 0.338 e. The molecule has 0 radical (unpaired) electrons. The summed E-state index contributed by atoms with van der Waals surface area (Å²) >= 11 is 1.29. The number of carbonyl (C=O) groups is 2. The Labute approximate surface area is 160 Å². The topological polar surface area (TPSA) is 66.4 Å². The third-order valence-corrected chi connectivity index (χ3v) is 5.95. The molecule has 3 aromatic carbocycles.